The number of guanidine groups is 1. The van der Waals surface area contributed by atoms with Gasteiger partial charge in [0, 0.05) is 50.5 Å². The van der Waals surface area contributed by atoms with Crippen LogP contribution < -0.4 is 15.0 Å². The molecule has 0 aliphatic carbocycles. The summed E-state index contributed by atoms with van der Waals surface area (Å²) >= 11 is 0. The lowest BCUT2D eigenvalue weighted by Crippen LogP contribution is -2.52. The predicted octanol–water partition coefficient (Wildman–Crippen LogP) is 1.97. The van der Waals surface area contributed by atoms with Gasteiger partial charge in [-0.25, -0.2) is 4.99 Å². The second-order valence-electron chi connectivity index (χ2n) is 5.84. The minimum Gasteiger partial charge on any atom is -0.497 e. The number of hydrogen-bond donors (Lipinski definition) is 1. The highest BCUT2D eigenvalue weighted by atomic mass is 16.5. The van der Waals surface area contributed by atoms with E-state index < -0.39 is 0 Å². The molecule has 1 fully saturated rings. The van der Waals surface area contributed by atoms with Crippen LogP contribution in [0.5, 0.6) is 5.75 Å². The fourth-order valence-electron chi connectivity index (χ4n) is 2.88. The van der Waals surface area contributed by atoms with Gasteiger partial charge >= 0.3 is 0 Å². The number of nitrogens with one attached hydrogen (secondary N) is 1. The number of ether oxygens (including phenoxy) is 1. The van der Waals surface area contributed by atoms with Crippen molar-refractivity contribution in [2.45, 2.75) is 13.5 Å². The zero-order valence-corrected chi connectivity index (χ0v) is 14.8. The maximum absolute atomic E-state index is 5.32. The van der Waals surface area contributed by atoms with Gasteiger partial charge in [-0.2, -0.15) is 0 Å². The molecule has 1 aliphatic rings. The molecule has 25 heavy (non-hydrogen) atoms. The Kier molecular flexibility index (Phi) is 5.77. The highest BCUT2D eigenvalue weighted by molar-refractivity contribution is 5.80. The molecule has 3 rings (SSSR count). The predicted molar refractivity (Wildman–Crippen MR) is 98.1 cm³/mol. The minimum absolute atomic E-state index is 0.523. The number of aliphatic imine (C=N–C) groups is 1. The van der Waals surface area contributed by atoms with Crippen molar-refractivity contribution in [3.63, 3.8) is 0 Å². The highest BCUT2D eigenvalue weighted by Crippen LogP contribution is 2.22. The van der Waals surface area contributed by atoms with Crippen molar-refractivity contribution in [2.24, 2.45) is 4.99 Å². The number of aromatic nitrogens is 1. The Morgan fingerprint density at radius 2 is 2.12 bits per heavy atom. The smallest absolute Gasteiger partial charge is 0.194 e. The summed E-state index contributed by atoms with van der Waals surface area (Å²) in [4.78, 5) is 9.34. The molecule has 0 radical (unpaired) electrons. The van der Waals surface area contributed by atoms with Crippen LogP contribution in [0.3, 0.4) is 0 Å². The lowest BCUT2D eigenvalue weighted by atomic mass is 10.2. The van der Waals surface area contributed by atoms with Crippen molar-refractivity contribution < 1.29 is 9.26 Å². The third-order valence-corrected chi connectivity index (χ3v) is 4.21. The third-order valence-electron chi connectivity index (χ3n) is 4.21. The van der Waals surface area contributed by atoms with Crippen molar-refractivity contribution >= 4 is 11.6 Å². The van der Waals surface area contributed by atoms with Gasteiger partial charge in [-0.05, 0) is 19.1 Å². The molecular weight excluding hydrogens is 318 g/mol. The SMILES string of the molecule is CCNC(=NCc1ccon1)N1CCN(c2cccc(OC)c2)CC1. The molecule has 134 valence electrons. The Labute approximate surface area is 148 Å². The van der Waals surface area contributed by atoms with Crippen LogP contribution >= 0.6 is 0 Å². The van der Waals surface area contributed by atoms with Gasteiger partial charge in [-0.1, -0.05) is 11.2 Å². The van der Waals surface area contributed by atoms with Crippen LogP contribution in [0.2, 0.25) is 0 Å². The summed E-state index contributed by atoms with van der Waals surface area (Å²) in [5.74, 6) is 1.82. The lowest BCUT2D eigenvalue weighted by Gasteiger charge is -2.37. The molecule has 1 aromatic heterocycles. The van der Waals surface area contributed by atoms with Gasteiger partial charge in [0.05, 0.1) is 13.7 Å². The Morgan fingerprint density at radius 3 is 2.80 bits per heavy atom. The first kappa shape index (κ1) is 17.1. The maximum Gasteiger partial charge on any atom is 0.194 e. The normalized spacial score (nSPS) is 15.4. The van der Waals surface area contributed by atoms with Gasteiger partial charge in [0.25, 0.3) is 0 Å². The van der Waals surface area contributed by atoms with Crippen LogP contribution in [0.1, 0.15) is 12.6 Å². The number of hydrogen-bond acceptors (Lipinski definition) is 5. The van der Waals surface area contributed by atoms with Crippen molar-refractivity contribution in [1.29, 1.82) is 0 Å². The van der Waals surface area contributed by atoms with E-state index in [2.05, 4.69) is 44.3 Å². The lowest BCUT2D eigenvalue weighted by molar-refractivity contribution is 0.371. The molecule has 0 unspecified atom stereocenters. The van der Waals surface area contributed by atoms with E-state index in [0.717, 1.165) is 50.1 Å². The van der Waals surface area contributed by atoms with Crippen molar-refractivity contribution in [3.05, 3.63) is 42.3 Å². The molecule has 2 aromatic rings. The van der Waals surface area contributed by atoms with Crippen LogP contribution in [0, 0.1) is 0 Å². The van der Waals surface area contributed by atoms with E-state index in [4.69, 9.17) is 9.26 Å². The molecule has 1 aromatic carbocycles. The summed E-state index contributed by atoms with van der Waals surface area (Å²) in [5.41, 5.74) is 2.04. The van der Waals surface area contributed by atoms with Crippen LogP contribution in [0.4, 0.5) is 5.69 Å². The van der Waals surface area contributed by atoms with Crippen LogP contribution in [-0.4, -0.2) is 55.8 Å². The maximum atomic E-state index is 5.32. The molecule has 7 heteroatoms. The molecule has 1 saturated heterocycles. The van der Waals surface area contributed by atoms with Crippen LogP contribution in [-0.2, 0) is 6.54 Å². The summed E-state index contributed by atoms with van der Waals surface area (Å²) in [6, 6.07) is 10.1. The Morgan fingerprint density at radius 1 is 1.28 bits per heavy atom. The van der Waals surface area contributed by atoms with Gasteiger partial charge < -0.3 is 24.4 Å². The van der Waals surface area contributed by atoms with E-state index >= 15 is 0 Å². The summed E-state index contributed by atoms with van der Waals surface area (Å²) in [7, 11) is 1.70. The van der Waals surface area contributed by atoms with Crippen LogP contribution in [0.25, 0.3) is 0 Å². The van der Waals surface area contributed by atoms with Crippen molar-refractivity contribution in [2.75, 3.05) is 44.7 Å². The largest absolute Gasteiger partial charge is 0.497 e. The van der Waals surface area contributed by atoms with Gasteiger partial charge in [-0.15, -0.1) is 0 Å². The molecule has 0 spiro atoms. The second kappa shape index (κ2) is 8.41. The quantitative estimate of drug-likeness (QED) is 0.661. The van der Waals surface area contributed by atoms with E-state index in [1.807, 2.05) is 18.2 Å². The van der Waals surface area contributed by atoms with E-state index in [9.17, 15) is 0 Å². The van der Waals surface area contributed by atoms with E-state index in [-0.39, 0.29) is 0 Å². The zero-order valence-electron chi connectivity index (χ0n) is 14.8. The topological polar surface area (TPSA) is 66.1 Å². The fraction of sp³-hybridized carbons (Fsp3) is 0.444. The van der Waals surface area contributed by atoms with Crippen molar-refractivity contribution in [1.82, 2.24) is 15.4 Å². The number of nitrogens with zero attached hydrogens (tertiary/aromatic N) is 4. The molecular formula is C18H25N5O2. The van der Waals surface area contributed by atoms with E-state index in [0.29, 0.717) is 6.54 Å². The molecule has 0 saturated carbocycles. The Bertz CT molecular complexity index is 679. The molecule has 0 amide bonds. The Balaban J connectivity index is 1.61. The molecule has 0 atom stereocenters. The highest BCUT2D eigenvalue weighted by Gasteiger charge is 2.20. The van der Waals surface area contributed by atoms with Gasteiger partial charge in [0.15, 0.2) is 5.96 Å². The number of benzene rings is 1. The van der Waals surface area contributed by atoms with Gasteiger partial charge in [0.2, 0.25) is 0 Å². The third kappa shape index (κ3) is 4.43. The van der Waals surface area contributed by atoms with Gasteiger partial charge in [-0.3, -0.25) is 0 Å². The van der Waals surface area contributed by atoms with Crippen LogP contribution in [0.15, 0.2) is 46.1 Å². The summed E-state index contributed by atoms with van der Waals surface area (Å²) < 4.78 is 10.2. The van der Waals surface area contributed by atoms with E-state index in [1.54, 1.807) is 13.4 Å². The summed E-state index contributed by atoms with van der Waals surface area (Å²) in [5, 5.41) is 7.28. The first-order valence-corrected chi connectivity index (χ1v) is 8.61. The summed E-state index contributed by atoms with van der Waals surface area (Å²) in [6.07, 6.45) is 1.57. The first-order valence-electron chi connectivity index (χ1n) is 8.61. The standard InChI is InChI=1S/C18H25N5O2/c1-3-19-18(20-14-15-7-12-25-21-15)23-10-8-22(9-11-23)16-5-4-6-17(13-16)24-2/h4-7,12-13H,3,8-11,14H2,1-2H3,(H,19,20). The summed E-state index contributed by atoms with van der Waals surface area (Å²) in [6.45, 7) is 7.17. The molecule has 2 heterocycles. The molecule has 0 bridgehead atoms. The van der Waals surface area contributed by atoms with E-state index in [1.165, 1.54) is 5.69 Å². The average Bonchev–Trinajstić information content (AvgIpc) is 3.19. The molecule has 1 N–H and O–H groups in total. The number of methoxy groups -OCH3 is 1. The monoisotopic (exact) mass is 343 g/mol. The second-order valence-corrected chi connectivity index (χ2v) is 5.84. The zero-order chi connectivity index (χ0) is 17.5. The Hall–Kier alpha value is -2.70. The number of anilines is 1. The number of rotatable bonds is 5. The fourth-order valence-corrected chi connectivity index (χ4v) is 2.88. The molecule has 1 aliphatic heterocycles. The molecule has 7 nitrogen and oxygen atoms in total. The average molecular weight is 343 g/mol. The number of piperazine rings is 1. The first-order chi connectivity index (χ1) is 12.3. The minimum atomic E-state index is 0.523. The van der Waals surface area contributed by atoms with Crippen molar-refractivity contribution in [3.8, 4) is 5.75 Å². The van der Waals surface area contributed by atoms with Gasteiger partial charge in [0.1, 0.15) is 17.7 Å².